The van der Waals surface area contributed by atoms with Crippen LogP contribution in [0.25, 0.3) is 0 Å². The number of carbonyl (C=O) groups excluding carboxylic acids is 1. The average molecular weight is 399 g/mol. The van der Waals surface area contributed by atoms with Crippen molar-refractivity contribution < 1.29 is 13.2 Å². The Morgan fingerprint density at radius 1 is 0.929 bits per heavy atom. The highest BCUT2D eigenvalue weighted by Crippen LogP contribution is 2.27. The number of rotatable bonds is 5. The Morgan fingerprint density at radius 3 is 2.32 bits per heavy atom. The summed E-state index contributed by atoms with van der Waals surface area (Å²) in [5.41, 5.74) is 4.47. The van der Waals surface area contributed by atoms with Crippen molar-refractivity contribution in [2.24, 2.45) is 0 Å². The molecule has 1 unspecified atom stereocenters. The molecule has 1 heterocycles. The minimum absolute atomic E-state index is 0.0924. The number of hydrogen-bond donors (Lipinski definition) is 1. The maximum Gasteiger partial charge on any atom is 0.241 e. The standard InChI is InChI=1S/C22H26N2O3S/c1-16(18-9-8-17-5-2-3-6-19(17)15-18)23-28(26,27)21-12-10-20(11-13-21)24-14-4-7-22(24)25/h8-13,15-16,23H,2-7,14H2,1H3. The maximum atomic E-state index is 12.8. The van der Waals surface area contributed by atoms with Gasteiger partial charge < -0.3 is 4.90 Å². The number of fused-ring (bicyclic) bond motifs is 1. The molecule has 28 heavy (non-hydrogen) atoms. The summed E-state index contributed by atoms with van der Waals surface area (Å²) in [4.78, 5) is 13.8. The summed E-state index contributed by atoms with van der Waals surface area (Å²) in [7, 11) is -3.64. The molecule has 2 aromatic rings. The zero-order chi connectivity index (χ0) is 19.7. The van der Waals surface area contributed by atoms with Gasteiger partial charge >= 0.3 is 0 Å². The molecule has 2 aromatic carbocycles. The molecule has 148 valence electrons. The van der Waals surface area contributed by atoms with Crippen LogP contribution in [0, 0.1) is 0 Å². The minimum atomic E-state index is -3.64. The summed E-state index contributed by atoms with van der Waals surface area (Å²) in [6, 6.07) is 12.6. The molecule has 0 spiro atoms. The second-order valence-electron chi connectivity index (χ2n) is 7.72. The zero-order valence-electron chi connectivity index (χ0n) is 16.1. The van der Waals surface area contributed by atoms with Crippen molar-refractivity contribution >= 4 is 21.6 Å². The van der Waals surface area contributed by atoms with E-state index in [-0.39, 0.29) is 16.8 Å². The van der Waals surface area contributed by atoms with Gasteiger partial charge in [0.1, 0.15) is 0 Å². The normalized spacial score (nSPS) is 18.2. The molecule has 1 fully saturated rings. The van der Waals surface area contributed by atoms with Crippen molar-refractivity contribution in [3.05, 3.63) is 59.2 Å². The molecule has 0 saturated carbocycles. The third-order valence-electron chi connectivity index (χ3n) is 5.74. The second-order valence-corrected chi connectivity index (χ2v) is 9.44. The molecule has 4 rings (SSSR count). The van der Waals surface area contributed by atoms with Gasteiger partial charge in [0.25, 0.3) is 0 Å². The average Bonchev–Trinajstić information content (AvgIpc) is 3.13. The number of hydrogen-bond acceptors (Lipinski definition) is 3. The van der Waals surface area contributed by atoms with Gasteiger partial charge in [-0.2, -0.15) is 0 Å². The lowest BCUT2D eigenvalue weighted by Crippen LogP contribution is -2.27. The van der Waals surface area contributed by atoms with Crippen molar-refractivity contribution in [3.63, 3.8) is 0 Å². The molecule has 1 amide bonds. The first-order valence-electron chi connectivity index (χ1n) is 9.98. The number of carbonyl (C=O) groups is 1. The van der Waals surface area contributed by atoms with Crippen molar-refractivity contribution in [2.45, 2.75) is 56.4 Å². The fraction of sp³-hybridized carbons (Fsp3) is 0.409. The van der Waals surface area contributed by atoms with E-state index < -0.39 is 10.0 Å². The van der Waals surface area contributed by atoms with E-state index >= 15 is 0 Å². The summed E-state index contributed by atoms with van der Waals surface area (Å²) in [5.74, 6) is 0.0924. The molecule has 0 aromatic heterocycles. The smallest absolute Gasteiger partial charge is 0.241 e. The van der Waals surface area contributed by atoms with Gasteiger partial charge in [-0.05, 0) is 80.0 Å². The number of sulfonamides is 1. The van der Waals surface area contributed by atoms with Gasteiger partial charge in [-0.15, -0.1) is 0 Å². The molecule has 1 atom stereocenters. The van der Waals surface area contributed by atoms with E-state index in [0.29, 0.717) is 13.0 Å². The third kappa shape index (κ3) is 3.84. The van der Waals surface area contributed by atoms with Crippen molar-refractivity contribution in [1.29, 1.82) is 0 Å². The zero-order valence-corrected chi connectivity index (χ0v) is 17.0. The highest BCUT2D eigenvalue weighted by Gasteiger charge is 2.23. The Kier molecular flexibility index (Phi) is 5.25. The van der Waals surface area contributed by atoms with E-state index in [2.05, 4.69) is 16.9 Å². The van der Waals surface area contributed by atoms with Crippen LogP contribution in [-0.4, -0.2) is 20.9 Å². The van der Waals surface area contributed by atoms with Gasteiger partial charge in [0.2, 0.25) is 15.9 Å². The molecular weight excluding hydrogens is 372 g/mol. The number of anilines is 1. The number of amides is 1. The molecule has 1 N–H and O–H groups in total. The van der Waals surface area contributed by atoms with E-state index in [0.717, 1.165) is 30.5 Å². The molecule has 1 aliphatic carbocycles. The number of nitrogens with one attached hydrogen (secondary N) is 1. The van der Waals surface area contributed by atoms with Gasteiger partial charge in [-0.1, -0.05) is 18.2 Å². The SMILES string of the molecule is CC(NS(=O)(=O)c1ccc(N2CCCC2=O)cc1)c1ccc2c(c1)CCCC2. The molecule has 2 aliphatic rings. The van der Waals surface area contributed by atoms with Crippen molar-refractivity contribution in [2.75, 3.05) is 11.4 Å². The van der Waals surface area contributed by atoms with Crippen LogP contribution in [0.2, 0.25) is 0 Å². The minimum Gasteiger partial charge on any atom is -0.312 e. The first-order chi connectivity index (χ1) is 13.4. The highest BCUT2D eigenvalue weighted by molar-refractivity contribution is 7.89. The summed E-state index contributed by atoms with van der Waals surface area (Å²) >= 11 is 0. The Balaban J connectivity index is 1.49. The molecule has 5 nitrogen and oxygen atoms in total. The van der Waals surface area contributed by atoms with E-state index in [4.69, 9.17) is 0 Å². The Bertz CT molecular complexity index is 983. The van der Waals surface area contributed by atoms with Gasteiger partial charge in [-0.3, -0.25) is 4.79 Å². The molecule has 6 heteroatoms. The predicted octanol–water partition coefficient (Wildman–Crippen LogP) is 3.73. The lowest BCUT2D eigenvalue weighted by atomic mass is 9.89. The van der Waals surface area contributed by atoms with E-state index in [1.165, 1.54) is 24.0 Å². The highest BCUT2D eigenvalue weighted by atomic mass is 32.2. The van der Waals surface area contributed by atoms with Crippen LogP contribution in [0.4, 0.5) is 5.69 Å². The Morgan fingerprint density at radius 2 is 1.64 bits per heavy atom. The molecule has 1 aliphatic heterocycles. The monoisotopic (exact) mass is 398 g/mol. The van der Waals surface area contributed by atoms with Crippen LogP contribution in [-0.2, 0) is 27.7 Å². The molecular formula is C22H26N2O3S. The second kappa shape index (κ2) is 7.68. The first kappa shape index (κ1) is 19.2. The van der Waals surface area contributed by atoms with Gasteiger partial charge in [0, 0.05) is 24.7 Å². The maximum absolute atomic E-state index is 12.8. The molecule has 1 saturated heterocycles. The van der Waals surface area contributed by atoms with Crippen molar-refractivity contribution in [3.8, 4) is 0 Å². The predicted molar refractivity (Wildman–Crippen MR) is 110 cm³/mol. The Hall–Kier alpha value is -2.18. The summed E-state index contributed by atoms with van der Waals surface area (Å²) in [6.07, 6.45) is 6.01. The van der Waals surface area contributed by atoms with Crippen LogP contribution in [0.15, 0.2) is 47.4 Å². The van der Waals surface area contributed by atoms with E-state index in [1.807, 2.05) is 13.0 Å². The number of benzene rings is 2. The van der Waals surface area contributed by atoms with Crippen LogP contribution in [0.1, 0.15) is 55.3 Å². The summed E-state index contributed by atoms with van der Waals surface area (Å²) in [6.45, 7) is 2.57. The van der Waals surface area contributed by atoms with Crippen molar-refractivity contribution in [1.82, 2.24) is 4.72 Å². The van der Waals surface area contributed by atoms with Crippen LogP contribution >= 0.6 is 0 Å². The molecule has 0 radical (unpaired) electrons. The topological polar surface area (TPSA) is 66.5 Å². The Labute approximate surface area is 166 Å². The van der Waals surface area contributed by atoms with Crippen LogP contribution in [0.5, 0.6) is 0 Å². The fourth-order valence-electron chi connectivity index (χ4n) is 4.12. The summed E-state index contributed by atoms with van der Waals surface area (Å²) < 4.78 is 28.4. The van der Waals surface area contributed by atoms with Gasteiger partial charge in [0.15, 0.2) is 0 Å². The van der Waals surface area contributed by atoms with E-state index in [9.17, 15) is 13.2 Å². The summed E-state index contributed by atoms with van der Waals surface area (Å²) in [5, 5.41) is 0. The van der Waals surface area contributed by atoms with E-state index in [1.54, 1.807) is 29.2 Å². The van der Waals surface area contributed by atoms with Gasteiger partial charge in [-0.25, -0.2) is 13.1 Å². The first-order valence-corrected chi connectivity index (χ1v) is 11.5. The molecule has 0 bridgehead atoms. The van der Waals surface area contributed by atoms with Gasteiger partial charge in [0.05, 0.1) is 4.90 Å². The van der Waals surface area contributed by atoms with Crippen LogP contribution < -0.4 is 9.62 Å². The number of nitrogens with zero attached hydrogens (tertiary/aromatic N) is 1. The number of aryl methyl sites for hydroxylation is 2. The fourth-order valence-corrected chi connectivity index (χ4v) is 5.35. The lowest BCUT2D eigenvalue weighted by Gasteiger charge is -2.20. The lowest BCUT2D eigenvalue weighted by molar-refractivity contribution is -0.117. The van der Waals surface area contributed by atoms with Crippen LogP contribution in [0.3, 0.4) is 0 Å². The third-order valence-corrected chi connectivity index (χ3v) is 7.29. The quantitative estimate of drug-likeness (QED) is 0.834. The largest absolute Gasteiger partial charge is 0.312 e.